The molecule has 1 N–H and O–H groups in total. The van der Waals surface area contributed by atoms with Crippen molar-refractivity contribution in [2.24, 2.45) is 0 Å². The summed E-state index contributed by atoms with van der Waals surface area (Å²) in [5.41, 5.74) is 2.24. The number of carbonyl (C=O) groups excluding carboxylic acids is 1. The van der Waals surface area contributed by atoms with Crippen LogP contribution in [0.1, 0.15) is 56.0 Å². The van der Waals surface area contributed by atoms with Crippen LogP contribution in [0.3, 0.4) is 0 Å². The van der Waals surface area contributed by atoms with Gasteiger partial charge in [-0.25, -0.2) is 0 Å². The zero-order valence-corrected chi connectivity index (χ0v) is 13.4. The molecule has 2 unspecified atom stereocenters. The Morgan fingerprint density at radius 1 is 1.10 bits per heavy atom. The molecule has 2 aliphatic rings. The van der Waals surface area contributed by atoms with Crippen LogP contribution in [0.5, 0.6) is 0 Å². The number of nitrogens with one attached hydrogen (secondary N) is 1. The average Bonchev–Trinajstić information content (AvgIpc) is 2.70. The number of fused-ring (bicyclic) bond motifs is 2. The van der Waals surface area contributed by atoms with Gasteiger partial charge in [-0.15, -0.1) is 0 Å². The van der Waals surface area contributed by atoms with Crippen molar-refractivity contribution in [2.45, 2.75) is 57.5 Å². The highest BCUT2D eigenvalue weighted by molar-refractivity contribution is 5.95. The number of rotatable bonds is 1. The predicted octanol–water partition coefficient (Wildman–Crippen LogP) is 2.95. The summed E-state index contributed by atoms with van der Waals surface area (Å²) in [6.07, 6.45) is 3.39. The van der Waals surface area contributed by atoms with Gasteiger partial charge in [-0.2, -0.15) is 0 Å². The molecular formula is C18H26N2O. The maximum Gasteiger partial charge on any atom is 0.254 e. The average molecular weight is 286 g/mol. The molecule has 0 aromatic heterocycles. The number of hydrogen-bond acceptors (Lipinski definition) is 2. The van der Waals surface area contributed by atoms with Crippen molar-refractivity contribution in [3.63, 3.8) is 0 Å². The van der Waals surface area contributed by atoms with Crippen molar-refractivity contribution in [3.05, 3.63) is 35.4 Å². The summed E-state index contributed by atoms with van der Waals surface area (Å²) in [5.74, 6) is 0.214. The van der Waals surface area contributed by atoms with Crippen molar-refractivity contribution in [1.29, 1.82) is 0 Å². The van der Waals surface area contributed by atoms with Crippen molar-refractivity contribution in [1.82, 2.24) is 10.2 Å². The van der Waals surface area contributed by atoms with Gasteiger partial charge in [-0.1, -0.05) is 32.9 Å². The third-order valence-electron chi connectivity index (χ3n) is 4.89. The Hall–Kier alpha value is -1.35. The standard InChI is InChI=1S/C18H26N2O/c1-18(2,3)14-6-4-13(5-7-14)17(21)20-15-8-9-16(20)12-19-11-10-15/h4-7,15-16,19H,8-12H2,1-3H3. The van der Waals surface area contributed by atoms with Gasteiger partial charge in [-0.05, 0) is 48.9 Å². The van der Waals surface area contributed by atoms with Gasteiger partial charge in [0.15, 0.2) is 0 Å². The Balaban J connectivity index is 1.82. The summed E-state index contributed by atoms with van der Waals surface area (Å²) < 4.78 is 0. The first kappa shape index (κ1) is 14.6. The Morgan fingerprint density at radius 2 is 1.76 bits per heavy atom. The minimum absolute atomic E-state index is 0.132. The van der Waals surface area contributed by atoms with E-state index >= 15 is 0 Å². The molecule has 3 rings (SSSR count). The number of carbonyl (C=O) groups is 1. The number of nitrogens with zero attached hydrogens (tertiary/aromatic N) is 1. The predicted molar refractivity (Wildman–Crippen MR) is 85.6 cm³/mol. The molecule has 0 spiro atoms. The minimum Gasteiger partial charge on any atom is -0.331 e. The van der Waals surface area contributed by atoms with Crippen LogP contribution in [0.15, 0.2) is 24.3 Å². The summed E-state index contributed by atoms with van der Waals surface area (Å²) in [6.45, 7) is 8.58. The lowest BCUT2D eigenvalue weighted by Crippen LogP contribution is -2.42. The zero-order valence-electron chi connectivity index (χ0n) is 13.4. The smallest absolute Gasteiger partial charge is 0.254 e. The monoisotopic (exact) mass is 286 g/mol. The van der Waals surface area contributed by atoms with E-state index in [1.54, 1.807) is 0 Å². The molecule has 2 fully saturated rings. The van der Waals surface area contributed by atoms with Gasteiger partial charge in [0.2, 0.25) is 0 Å². The van der Waals surface area contributed by atoms with Crippen molar-refractivity contribution >= 4 is 5.91 Å². The topological polar surface area (TPSA) is 32.3 Å². The maximum atomic E-state index is 12.9. The lowest BCUT2D eigenvalue weighted by molar-refractivity contribution is 0.0680. The Morgan fingerprint density at radius 3 is 2.43 bits per heavy atom. The van der Waals surface area contributed by atoms with E-state index in [1.165, 1.54) is 5.56 Å². The van der Waals surface area contributed by atoms with Crippen LogP contribution in [-0.4, -0.2) is 36.0 Å². The number of benzene rings is 1. The molecule has 3 heteroatoms. The molecule has 0 radical (unpaired) electrons. The van der Waals surface area contributed by atoms with E-state index in [-0.39, 0.29) is 11.3 Å². The summed E-state index contributed by atoms with van der Waals surface area (Å²) in [4.78, 5) is 15.0. The lowest BCUT2D eigenvalue weighted by Gasteiger charge is -2.28. The molecular weight excluding hydrogens is 260 g/mol. The van der Waals surface area contributed by atoms with Crippen LogP contribution in [-0.2, 0) is 5.41 Å². The van der Waals surface area contributed by atoms with E-state index in [0.717, 1.165) is 37.9 Å². The van der Waals surface area contributed by atoms with E-state index in [2.05, 4.69) is 43.1 Å². The first-order chi connectivity index (χ1) is 9.97. The summed E-state index contributed by atoms with van der Waals surface area (Å²) in [7, 11) is 0. The van der Waals surface area contributed by atoms with Gasteiger partial charge < -0.3 is 10.2 Å². The first-order valence-electron chi connectivity index (χ1n) is 8.11. The molecule has 3 nitrogen and oxygen atoms in total. The second-order valence-electron chi connectivity index (χ2n) is 7.42. The molecule has 1 aromatic rings. The largest absolute Gasteiger partial charge is 0.331 e. The Bertz CT molecular complexity index is 501. The van der Waals surface area contributed by atoms with E-state index in [9.17, 15) is 4.79 Å². The van der Waals surface area contributed by atoms with E-state index in [0.29, 0.717) is 12.1 Å². The summed E-state index contributed by atoms with van der Waals surface area (Å²) in [5, 5.41) is 3.45. The van der Waals surface area contributed by atoms with Crippen LogP contribution >= 0.6 is 0 Å². The molecule has 21 heavy (non-hydrogen) atoms. The fourth-order valence-electron chi connectivity index (χ4n) is 3.58. The van der Waals surface area contributed by atoms with Crippen molar-refractivity contribution in [3.8, 4) is 0 Å². The van der Waals surface area contributed by atoms with Gasteiger partial charge >= 0.3 is 0 Å². The Kier molecular flexibility index (Phi) is 3.78. The van der Waals surface area contributed by atoms with E-state index in [4.69, 9.17) is 0 Å². The molecule has 1 aromatic carbocycles. The van der Waals surface area contributed by atoms with Crippen LogP contribution in [0.4, 0.5) is 0 Å². The summed E-state index contributed by atoms with van der Waals surface area (Å²) in [6, 6.07) is 9.02. The van der Waals surface area contributed by atoms with Crippen LogP contribution in [0, 0.1) is 0 Å². The summed E-state index contributed by atoms with van der Waals surface area (Å²) >= 11 is 0. The quantitative estimate of drug-likeness (QED) is 0.861. The van der Waals surface area contributed by atoms with Crippen molar-refractivity contribution in [2.75, 3.05) is 13.1 Å². The SMILES string of the molecule is CC(C)(C)c1ccc(C(=O)N2C3CCNCC2CC3)cc1. The first-order valence-corrected chi connectivity index (χ1v) is 8.11. The van der Waals surface area contributed by atoms with E-state index < -0.39 is 0 Å². The van der Waals surface area contributed by atoms with Gasteiger partial charge in [0, 0.05) is 24.2 Å². The second kappa shape index (κ2) is 5.45. The van der Waals surface area contributed by atoms with Gasteiger partial charge in [0.25, 0.3) is 5.91 Å². The lowest BCUT2D eigenvalue weighted by atomic mass is 9.86. The fraction of sp³-hybridized carbons (Fsp3) is 0.611. The number of hydrogen-bond donors (Lipinski definition) is 1. The van der Waals surface area contributed by atoms with Gasteiger partial charge in [0.1, 0.15) is 0 Å². The van der Waals surface area contributed by atoms with Crippen molar-refractivity contribution < 1.29 is 4.79 Å². The molecule has 1 amide bonds. The third-order valence-corrected chi connectivity index (χ3v) is 4.89. The van der Waals surface area contributed by atoms with Gasteiger partial charge in [0.05, 0.1) is 0 Å². The maximum absolute atomic E-state index is 12.9. The molecule has 0 aliphatic carbocycles. The molecule has 0 saturated carbocycles. The fourth-order valence-corrected chi connectivity index (χ4v) is 3.58. The Labute approximate surface area is 127 Å². The van der Waals surface area contributed by atoms with Crippen LogP contribution < -0.4 is 5.32 Å². The van der Waals surface area contributed by atoms with Gasteiger partial charge in [-0.3, -0.25) is 4.79 Å². The second-order valence-corrected chi connectivity index (χ2v) is 7.42. The highest BCUT2D eigenvalue weighted by atomic mass is 16.2. The minimum atomic E-state index is 0.132. The molecule has 2 aliphatic heterocycles. The molecule has 2 saturated heterocycles. The highest BCUT2D eigenvalue weighted by Crippen LogP contribution is 2.30. The number of amides is 1. The highest BCUT2D eigenvalue weighted by Gasteiger charge is 2.38. The van der Waals surface area contributed by atoms with E-state index in [1.807, 2.05) is 12.1 Å². The normalized spacial score (nSPS) is 25.8. The molecule has 2 heterocycles. The molecule has 114 valence electrons. The third kappa shape index (κ3) is 2.84. The van der Waals surface area contributed by atoms with Crippen LogP contribution in [0.25, 0.3) is 0 Å². The van der Waals surface area contributed by atoms with Crippen LogP contribution in [0.2, 0.25) is 0 Å². The molecule has 2 atom stereocenters. The molecule has 2 bridgehead atoms. The zero-order chi connectivity index (χ0) is 15.0.